The van der Waals surface area contributed by atoms with Crippen LogP contribution in [0.3, 0.4) is 0 Å². The van der Waals surface area contributed by atoms with Gasteiger partial charge in [0.1, 0.15) is 0 Å². The summed E-state index contributed by atoms with van der Waals surface area (Å²) in [5.41, 5.74) is 0.227. The van der Waals surface area contributed by atoms with E-state index in [0.29, 0.717) is 16.3 Å². The lowest BCUT2D eigenvalue weighted by Gasteiger charge is -2.21. The smallest absolute Gasteiger partial charge is 0.360 e. The molecule has 27 heavy (non-hydrogen) atoms. The highest BCUT2D eigenvalue weighted by molar-refractivity contribution is 6.03. The second-order valence-corrected chi connectivity index (χ2v) is 6.25. The quantitative estimate of drug-likeness (QED) is 0.660. The average molecular weight is 365 g/mol. The number of hydrogen-bond acceptors (Lipinski definition) is 5. The number of benzene rings is 2. The zero-order chi connectivity index (χ0) is 19.6. The summed E-state index contributed by atoms with van der Waals surface area (Å²) in [5, 5.41) is 4.80. The fraction of sp³-hybridized carbons (Fsp3) is 0.200. The fourth-order valence-electron chi connectivity index (χ4n) is 2.74. The molecule has 1 amide bonds. The van der Waals surface area contributed by atoms with Crippen LogP contribution >= 0.6 is 0 Å². The van der Waals surface area contributed by atoms with Crippen LogP contribution in [0, 0.1) is 0 Å². The molecule has 0 radical (unpaired) electrons. The summed E-state index contributed by atoms with van der Waals surface area (Å²) in [7, 11) is 4.64. The number of carbonyl (C=O) groups excluding carboxylic acids is 2. The fourth-order valence-corrected chi connectivity index (χ4v) is 2.74. The van der Waals surface area contributed by atoms with Gasteiger partial charge in [-0.2, -0.15) is 5.10 Å². The van der Waals surface area contributed by atoms with Crippen molar-refractivity contribution < 1.29 is 14.3 Å². The Morgan fingerprint density at radius 2 is 1.59 bits per heavy atom. The van der Waals surface area contributed by atoms with Gasteiger partial charge >= 0.3 is 5.97 Å². The Kier molecular flexibility index (Phi) is 5.03. The van der Waals surface area contributed by atoms with Crippen LogP contribution in [-0.2, 0) is 16.6 Å². The highest BCUT2D eigenvalue weighted by atomic mass is 16.5. The number of fused-ring (bicyclic) bond motifs is 1. The Bertz CT molecular complexity index is 1060. The van der Waals surface area contributed by atoms with Crippen molar-refractivity contribution in [1.29, 1.82) is 0 Å². The predicted octanol–water partition coefficient (Wildman–Crippen LogP) is 1.92. The first kappa shape index (κ1) is 18.3. The summed E-state index contributed by atoms with van der Waals surface area (Å²) < 4.78 is 6.63. The average Bonchev–Trinajstić information content (AvgIpc) is 2.68. The zero-order valence-electron chi connectivity index (χ0n) is 15.2. The molecule has 1 atom stereocenters. The number of ether oxygens (including phenoxy) is 1. The van der Waals surface area contributed by atoms with Gasteiger partial charge in [0, 0.05) is 32.1 Å². The summed E-state index contributed by atoms with van der Waals surface area (Å²) in [5.74, 6) is -1.14. The molecular weight excluding hydrogens is 346 g/mol. The van der Waals surface area contributed by atoms with Crippen molar-refractivity contribution in [3.8, 4) is 0 Å². The van der Waals surface area contributed by atoms with Crippen LogP contribution in [0.2, 0.25) is 0 Å². The Morgan fingerprint density at radius 3 is 2.22 bits per heavy atom. The van der Waals surface area contributed by atoms with Gasteiger partial charge in [0.05, 0.1) is 5.39 Å². The van der Waals surface area contributed by atoms with Gasteiger partial charge in [-0.1, -0.05) is 48.5 Å². The van der Waals surface area contributed by atoms with Crippen molar-refractivity contribution in [2.45, 2.75) is 6.10 Å². The van der Waals surface area contributed by atoms with Crippen molar-refractivity contribution in [1.82, 2.24) is 14.7 Å². The van der Waals surface area contributed by atoms with Gasteiger partial charge in [0.2, 0.25) is 6.10 Å². The molecule has 3 rings (SSSR count). The van der Waals surface area contributed by atoms with Gasteiger partial charge in [0.15, 0.2) is 5.69 Å². The monoisotopic (exact) mass is 365 g/mol. The van der Waals surface area contributed by atoms with E-state index in [0.717, 1.165) is 4.68 Å². The van der Waals surface area contributed by atoms with Gasteiger partial charge in [0.25, 0.3) is 11.5 Å². The van der Waals surface area contributed by atoms with E-state index >= 15 is 0 Å². The largest absolute Gasteiger partial charge is 0.442 e. The zero-order valence-corrected chi connectivity index (χ0v) is 15.2. The van der Waals surface area contributed by atoms with E-state index in [1.165, 1.54) is 11.9 Å². The highest BCUT2D eigenvalue weighted by Crippen LogP contribution is 2.22. The van der Waals surface area contributed by atoms with Gasteiger partial charge < -0.3 is 9.64 Å². The topological polar surface area (TPSA) is 81.5 Å². The molecule has 0 fully saturated rings. The van der Waals surface area contributed by atoms with Gasteiger partial charge in [-0.3, -0.25) is 9.59 Å². The summed E-state index contributed by atoms with van der Waals surface area (Å²) in [6.45, 7) is 0. The lowest BCUT2D eigenvalue weighted by atomic mass is 10.1. The normalized spacial score (nSPS) is 11.8. The number of amides is 1. The molecule has 0 saturated heterocycles. The standard InChI is InChI=1S/C20H19N3O4/c1-22(2)19(25)17(13-9-5-4-6-10-13)27-20(26)16-14-11-7-8-12-15(14)18(24)23(3)21-16/h4-12,17H,1-3H3/t17-/m0/s1. The Hall–Kier alpha value is -3.48. The number of likely N-dealkylation sites (N-methyl/N-ethyl adjacent to an activating group) is 1. The van der Waals surface area contributed by atoms with E-state index in [4.69, 9.17) is 4.74 Å². The van der Waals surface area contributed by atoms with Crippen molar-refractivity contribution >= 4 is 22.6 Å². The van der Waals surface area contributed by atoms with Gasteiger partial charge in [-0.25, -0.2) is 9.48 Å². The van der Waals surface area contributed by atoms with E-state index in [1.54, 1.807) is 62.6 Å². The molecular formula is C20H19N3O4. The molecule has 1 heterocycles. The second kappa shape index (κ2) is 7.41. The number of aryl methyl sites for hydroxylation is 1. The van der Waals surface area contributed by atoms with Crippen molar-refractivity contribution in [2.24, 2.45) is 7.05 Å². The van der Waals surface area contributed by atoms with Crippen LogP contribution in [0.5, 0.6) is 0 Å². The Morgan fingerprint density at radius 1 is 1.00 bits per heavy atom. The number of aromatic nitrogens is 2. The maximum absolute atomic E-state index is 12.9. The SMILES string of the molecule is CN(C)C(=O)[C@@H](OC(=O)c1nn(C)c(=O)c2ccccc12)c1ccccc1. The minimum atomic E-state index is -1.11. The number of carbonyl (C=O) groups is 2. The van der Waals surface area contributed by atoms with E-state index < -0.39 is 12.1 Å². The lowest BCUT2D eigenvalue weighted by molar-refractivity contribution is -0.138. The van der Waals surface area contributed by atoms with E-state index in [-0.39, 0.29) is 17.2 Å². The summed E-state index contributed by atoms with van der Waals surface area (Å²) in [6.07, 6.45) is -1.11. The third kappa shape index (κ3) is 3.57. The van der Waals surface area contributed by atoms with Crippen molar-refractivity contribution in [3.63, 3.8) is 0 Å². The van der Waals surface area contributed by atoms with Crippen molar-refractivity contribution in [2.75, 3.05) is 14.1 Å². The first-order chi connectivity index (χ1) is 12.9. The van der Waals surface area contributed by atoms with E-state index in [9.17, 15) is 14.4 Å². The molecule has 0 aliphatic carbocycles. The second-order valence-electron chi connectivity index (χ2n) is 6.25. The molecule has 3 aromatic rings. The van der Waals surface area contributed by atoms with Crippen LogP contribution in [-0.4, -0.2) is 40.7 Å². The molecule has 7 nitrogen and oxygen atoms in total. The minimum absolute atomic E-state index is 0.0137. The molecule has 7 heteroatoms. The molecule has 0 spiro atoms. The third-order valence-electron chi connectivity index (χ3n) is 4.14. The molecule has 0 aliphatic heterocycles. The maximum Gasteiger partial charge on any atom is 0.360 e. The highest BCUT2D eigenvalue weighted by Gasteiger charge is 2.28. The number of rotatable bonds is 4. The van der Waals surface area contributed by atoms with Crippen molar-refractivity contribution in [3.05, 3.63) is 76.2 Å². The molecule has 0 unspecified atom stereocenters. The van der Waals surface area contributed by atoms with Crippen LogP contribution < -0.4 is 5.56 Å². The molecule has 138 valence electrons. The first-order valence-electron chi connectivity index (χ1n) is 8.33. The summed E-state index contributed by atoms with van der Waals surface area (Å²) in [6, 6.07) is 15.4. The van der Waals surface area contributed by atoms with E-state index in [2.05, 4.69) is 5.10 Å². The van der Waals surface area contributed by atoms with Gasteiger partial charge in [-0.15, -0.1) is 0 Å². The van der Waals surface area contributed by atoms with Crippen LogP contribution in [0.15, 0.2) is 59.4 Å². The van der Waals surface area contributed by atoms with Crippen LogP contribution in [0.1, 0.15) is 22.2 Å². The van der Waals surface area contributed by atoms with Crippen LogP contribution in [0.4, 0.5) is 0 Å². The number of hydrogen-bond donors (Lipinski definition) is 0. The summed E-state index contributed by atoms with van der Waals surface area (Å²) >= 11 is 0. The minimum Gasteiger partial charge on any atom is -0.442 e. The number of nitrogens with zero attached hydrogens (tertiary/aromatic N) is 3. The van der Waals surface area contributed by atoms with E-state index in [1.807, 2.05) is 6.07 Å². The molecule has 0 N–H and O–H groups in total. The predicted molar refractivity (Wildman–Crippen MR) is 100 cm³/mol. The lowest BCUT2D eigenvalue weighted by Crippen LogP contribution is -2.32. The van der Waals surface area contributed by atoms with Gasteiger partial charge in [-0.05, 0) is 6.07 Å². The Balaban J connectivity index is 2.05. The first-order valence-corrected chi connectivity index (χ1v) is 8.33. The molecule has 0 saturated carbocycles. The molecule has 0 bridgehead atoms. The molecule has 1 aromatic heterocycles. The summed E-state index contributed by atoms with van der Waals surface area (Å²) in [4.78, 5) is 39.0. The third-order valence-corrected chi connectivity index (χ3v) is 4.14. The molecule has 0 aliphatic rings. The number of esters is 1. The molecule has 2 aromatic carbocycles. The maximum atomic E-state index is 12.9. The Labute approximate surface area is 155 Å². The van der Waals surface area contributed by atoms with Crippen LogP contribution in [0.25, 0.3) is 10.8 Å².